The van der Waals surface area contributed by atoms with Gasteiger partial charge in [-0.15, -0.1) is 0 Å². The number of piperazine rings is 1. The summed E-state index contributed by atoms with van der Waals surface area (Å²) in [5, 5.41) is 5.55. The minimum atomic E-state index is -3.28. The summed E-state index contributed by atoms with van der Waals surface area (Å²) in [5.41, 5.74) is 7.58. The van der Waals surface area contributed by atoms with Gasteiger partial charge in [-0.25, -0.2) is 13.2 Å². The van der Waals surface area contributed by atoms with E-state index in [1.165, 1.54) is 15.5 Å². The molecule has 1 atom stereocenters. The Labute approximate surface area is 278 Å². The van der Waals surface area contributed by atoms with E-state index in [1.807, 2.05) is 9.80 Å². The van der Waals surface area contributed by atoms with Crippen molar-refractivity contribution in [1.29, 1.82) is 0 Å². The highest BCUT2D eigenvalue weighted by Crippen LogP contribution is 2.25. The summed E-state index contributed by atoms with van der Waals surface area (Å²) in [4.78, 5) is 57.0. The van der Waals surface area contributed by atoms with Gasteiger partial charge in [-0.3, -0.25) is 9.59 Å². The van der Waals surface area contributed by atoms with Crippen molar-refractivity contribution in [3.05, 3.63) is 54.1 Å². The molecule has 0 aliphatic carbocycles. The average Bonchev–Trinajstić information content (AvgIpc) is 3.59. The Kier molecular flexibility index (Phi) is 9.70. The van der Waals surface area contributed by atoms with Crippen LogP contribution in [0.2, 0.25) is 0 Å². The van der Waals surface area contributed by atoms with Gasteiger partial charge in [0, 0.05) is 68.3 Å². The maximum atomic E-state index is 12.9. The number of carbonyl (C=O) groups is 3. The lowest BCUT2D eigenvalue weighted by Gasteiger charge is -2.34. The Bertz CT molecular complexity index is 1760. The Morgan fingerprint density at radius 2 is 1.35 bits per heavy atom. The van der Waals surface area contributed by atoms with E-state index in [0.717, 1.165) is 6.42 Å². The molecule has 4 N–H and O–H groups in total. The predicted molar refractivity (Wildman–Crippen MR) is 179 cm³/mol. The molecule has 4 amide bonds. The van der Waals surface area contributed by atoms with Gasteiger partial charge in [-0.1, -0.05) is 0 Å². The van der Waals surface area contributed by atoms with Crippen LogP contribution >= 0.6 is 0 Å². The van der Waals surface area contributed by atoms with Crippen LogP contribution in [0.1, 0.15) is 23.2 Å². The van der Waals surface area contributed by atoms with E-state index in [1.54, 1.807) is 48.5 Å². The standard InChI is InChI=1S/C31H38N10O6S/c1-48(45,46)40-15-13-38(14-16-40)29-35-27(36-30(37-29)39-17-19-47-20-18-39)21-4-8-23(9-5-21)33-31(44)34-24-10-6-22(7-11-24)28(43)41-12-2-3-25(41)26(32)42/h4-11,25H,2-3,12-20H2,1H3,(H2,32,42)(H2,33,34,44)/t25-/m0/s1. The number of likely N-dealkylation sites (tertiary alicyclic amines) is 1. The first kappa shape index (κ1) is 33.0. The van der Waals surface area contributed by atoms with Crippen molar-refractivity contribution in [2.75, 3.05) is 85.7 Å². The molecule has 254 valence electrons. The molecule has 48 heavy (non-hydrogen) atoms. The summed E-state index contributed by atoms with van der Waals surface area (Å²) in [6.45, 7) is 4.44. The Morgan fingerprint density at radius 3 is 1.92 bits per heavy atom. The number of anilines is 4. The van der Waals surface area contributed by atoms with Crippen LogP contribution in [0, 0.1) is 0 Å². The van der Waals surface area contributed by atoms with Crippen molar-refractivity contribution < 1.29 is 27.5 Å². The zero-order valence-electron chi connectivity index (χ0n) is 26.5. The first-order chi connectivity index (χ1) is 23.0. The van der Waals surface area contributed by atoms with Crippen molar-refractivity contribution >= 4 is 51.1 Å². The summed E-state index contributed by atoms with van der Waals surface area (Å²) in [6.07, 6.45) is 2.49. The molecule has 3 aliphatic rings. The minimum Gasteiger partial charge on any atom is -0.378 e. The normalized spacial score (nSPS) is 18.9. The number of hydrogen-bond donors (Lipinski definition) is 3. The monoisotopic (exact) mass is 678 g/mol. The number of sulfonamides is 1. The highest BCUT2D eigenvalue weighted by molar-refractivity contribution is 7.88. The fraction of sp³-hybridized carbons (Fsp3) is 0.419. The highest BCUT2D eigenvalue weighted by atomic mass is 32.2. The maximum absolute atomic E-state index is 12.9. The van der Waals surface area contributed by atoms with Gasteiger partial charge in [0.05, 0.1) is 19.5 Å². The molecule has 17 heteroatoms. The Hall–Kier alpha value is -4.87. The number of ether oxygens (including phenoxy) is 1. The summed E-state index contributed by atoms with van der Waals surface area (Å²) < 4.78 is 31.0. The zero-order chi connectivity index (χ0) is 33.8. The molecular weight excluding hydrogens is 640 g/mol. The molecule has 6 rings (SSSR count). The van der Waals surface area contributed by atoms with Crippen molar-refractivity contribution in [2.24, 2.45) is 5.73 Å². The third kappa shape index (κ3) is 7.64. The molecule has 0 radical (unpaired) electrons. The number of hydrogen-bond acceptors (Lipinski definition) is 11. The number of nitrogens with one attached hydrogen (secondary N) is 2. The van der Waals surface area contributed by atoms with Crippen molar-refractivity contribution in [1.82, 2.24) is 24.2 Å². The molecule has 4 heterocycles. The number of carbonyl (C=O) groups excluding carboxylic acids is 3. The molecule has 3 fully saturated rings. The van der Waals surface area contributed by atoms with Gasteiger partial charge in [0.15, 0.2) is 5.82 Å². The number of benzene rings is 2. The van der Waals surface area contributed by atoms with E-state index in [4.69, 9.17) is 25.4 Å². The second kappa shape index (κ2) is 14.1. The summed E-state index contributed by atoms with van der Waals surface area (Å²) >= 11 is 0. The second-order valence-corrected chi connectivity index (χ2v) is 13.8. The molecule has 3 saturated heterocycles. The smallest absolute Gasteiger partial charge is 0.323 e. The molecule has 3 aromatic rings. The molecule has 0 bridgehead atoms. The number of morpholine rings is 1. The van der Waals surface area contributed by atoms with Crippen molar-refractivity contribution in [2.45, 2.75) is 18.9 Å². The van der Waals surface area contributed by atoms with Gasteiger partial charge >= 0.3 is 6.03 Å². The Balaban J connectivity index is 1.11. The third-order valence-electron chi connectivity index (χ3n) is 8.53. The van der Waals surface area contributed by atoms with Gasteiger partial charge < -0.3 is 35.8 Å². The van der Waals surface area contributed by atoms with Crippen LogP contribution in [-0.2, 0) is 19.6 Å². The number of rotatable bonds is 8. The number of amides is 4. The number of urea groups is 1. The summed E-state index contributed by atoms with van der Waals surface area (Å²) in [6, 6.07) is 12.5. The summed E-state index contributed by atoms with van der Waals surface area (Å²) in [7, 11) is -3.28. The largest absolute Gasteiger partial charge is 0.378 e. The van der Waals surface area contributed by atoms with Gasteiger partial charge in [-0.05, 0) is 61.4 Å². The number of nitrogens with two attached hydrogens (primary N) is 1. The van der Waals surface area contributed by atoms with Crippen LogP contribution in [0.5, 0.6) is 0 Å². The quantitative estimate of drug-likeness (QED) is 0.310. The lowest BCUT2D eigenvalue weighted by molar-refractivity contribution is -0.121. The molecule has 0 unspecified atom stereocenters. The van der Waals surface area contributed by atoms with Gasteiger partial charge in [-0.2, -0.15) is 19.3 Å². The van der Waals surface area contributed by atoms with Crippen molar-refractivity contribution in [3.63, 3.8) is 0 Å². The van der Waals surface area contributed by atoms with Crippen LogP contribution in [0.4, 0.5) is 28.1 Å². The molecule has 0 saturated carbocycles. The second-order valence-electron chi connectivity index (χ2n) is 11.8. The van der Waals surface area contributed by atoms with Gasteiger partial charge in [0.2, 0.25) is 27.8 Å². The van der Waals surface area contributed by atoms with Crippen LogP contribution in [-0.4, -0.2) is 122 Å². The van der Waals surface area contributed by atoms with E-state index in [9.17, 15) is 22.8 Å². The van der Waals surface area contributed by atoms with Crippen LogP contribution in [0.15, 0.2) is 48.5 Å². The topological polar surface area (TPSA) is 196 Å². The first-order valence-corrected chi connectivity index (χ1v) is 17.6. The summed E-state index contributed by atoms with van der Waals surface area (Å²) in [5.74, 6) is 0.656. The molecule has 0 spiro atoms. The SMILES string of the molecule is CS(=O)(=O)N1CCN(c2nc(-c3ccc(NC(=O)Nc4ccc(C(=O)N5CCC[C@H]5C(N)=O)cc4)cc3)nc(N3CCOCC3)n2)CC1. The highest BCUT2D eigenvalue weighted by Gasteiger charge is 2.33. The molecule has 3 aliphatic heterocycles. The van der Waals surface area contributed by atoms with E-state index < -0.39 is 28.0 Å². The number of nitrogens with zero attached hydrogens (tertiary/aromatic N) is 7. The molecule has 16 nitrogen and oxygen atoms in total. The average molecular weight is 679 g/mol. The lowest BCUT2D eigenvalue weighted by Crippen LogP contribution is -2.49. The molecular formula is C31H38N10O6S. The molecule has 2 aromatic carbocycles. The fourth-order valence-electron chi connectivity index (χ4n) is 5.91. The molecule has 1 aromatic heterocycles. The maximum Gasteiger partial charge on any atom is 0.323 e. The first-order valence-electron chi connectivity index (χ1n) is 15.7. The van der Waals surface area contributed by atoms with Crippen LogP contribution in [0.25, 0.3) is 11.4 Å². The fourth-order valence-corrected chi connectivity index (χ4v) is 6.74. The van der Waals surface area contributed by atoms with Crippen LogP contribution < -0.4 is 26.2 Å². The number of primary amides is 1. The van der Waals surface area contributed by atoms with E-state index in [0.29, 0.717) is 106 Å². The number of aromatic nitrogens is 3. The van der Waals surface area contributed by atoms with E-state index in [-0.39, 0.29) is 5.91 Å². The zero-order valence-corrected chi connectivity index (χ0v) is 27.4. The van der Waals surface area contributed by atoms with Gasteiger partial charge in [0.1, 0.15) is 6.04 Å². The van der Waals surface area contributed by atoms with Gasteiger partial charge in [0.25, 0.3) is 5.91 Å². The predicted octanol–water partition coefficient (Wildman–Crippen LogP) is 1.19. The lowest BCUT2D eigenvalue weighted by atomic mass is 10.1. The minimum absolute atomic E-state index is 0.274. The van der Waals surface area contributed by atoms with E-state index in [2.05, 4.69) is 10.6 Å². The third-order valence-corrected chi connectivity index (χ3v) is 9.83. The van der Waals surface area contributed by atoms with Crippen LogP contribution in [0.3, 0.4) is 0 Å². The Morgan fingerprint density at radius 1 is 0.792 bits per heavy atom. The van der Waals surface area contributed by atoms with E-state index >= 15 is 0 Å². The van der Waals surface area contributed by atoms with Crippen molar-refractivity contribution in [3.8, 4) is 11.4 Å².